The zero-order valence-electron chi connectivity index (χ0n) is 14.5. The van der Waals surface area contributed by atoms with Crippen LogP contribution in [0.25, 0.3) is 0 Å². The van der Waals surface area contributed by atoms with E-state index in [1.165, 1.54) is 0 Å². The minimum absolute atomic E-state index is 0.0132. The molecule has 0 saturated carbocycles. The number of aliphatic hydroxyl groups is 2. The molecule has 2 N–H and O–H groups in total. The van der Waals surface area contributed by atoms with Gasteiger partial charge < -0.3 is 24.1 Å². The largest absolute Gasteiger partial charge is 0.411 e. The van der Waals surface area contributed by atoms with Gasteiger partial charge in [-0.15, -0.1) is 0 Å². The lowest BCUT2D eigenvalue weighted by Gasteiger charge is -2.39. The molecule has 0 aromatic rings. The first kappa shape index (κ1) is 18.4. The van der Waals surface area contributed by atoms with Crippen molar-refractivity contribution in [3.8, 4) is 0 Å². The number of hydrogen-bond donors (Lipinski definition) is 2. The van der Waals surface area contributed by atoms with E-state index < -0.39 is 8.32 Å². The van der Waals surface area contributed by atoms with Crippen LogP contribution in [0.1, 0.15) is 40.0 Å². The second kappa shape index (κ2) is 6.87. The molecule has 0 radical (unpaired) electrons. The monoisotopic (exact) mass is 332 g/mol. The molecule has 2 fully saturated rings. The van der Waals surface area contributed by atoms with Crippen LogP contribution in [0, 0.1) is 0 Å². The molecule has 2 heterocycles. The van der Waals surface area contributed by atoms with E-state index >= 15 is 0 Å². The van der Waals surface area contributed by atoms with Crippen LogP contribution in [-0.4, -0.2) is 62.3 Å². The summed E-state index contributed by atoms with van der Waals surface area (Å²) in [5.74, 6) is 0. The van der Waals surface area contributed by atoms with E-state index in [4.69, 9.17) is 13.9 Å². The summed E-state index contributed by atoms with van der Waals surface area (Å²) in [7, 11) is -1.89. The van der Waals surface area contributed by atoms with Gasteiger partial charge in [0, 0.05) is 6.42 Å². The first-order chi connectivity index (χ1) is 10.2. The summed E-state index contributed by atoms with van der Waals surface area (Å²) in [6.07, 6.45) is 2.12. The fourth-order valence-electron chi connectivity index (χ4n) is 2.97. The highest BCUT2D eigenvalue weighted by Gasteiger charge is 2.47. The van der Waals surface area contributed by atoms with E-state index in [1.807, 2.05) is 0 Å². The molecule has 5 atom stereocenters. The molecule has 5 nitrogen and oxygen atoms in total. The van der Waals surface area contributed by atoms with Crippen LogP contribution in [0.5, 0.6) is 0 Å². The highest BCUT2D eigenvalue weighted by atomic mass is 28.4. The van der Waals surface area contributed by atoms with Crippen molar-refractivity contribution in [2.24, 2.45) is 0 Å². The van der Waals surface area contributed by atoms with Crippen LogP contribution in [0.15, 0.2) is 0 Å². The molecule has 6 heteroatoms. The fraction of sp³-hybridized carbons (Fsp3) is 1.00. The topological polar surface area (TPSA) is 68.2 Å². The van der Waals surface area contributed by atoms with Crippen molar-refractivity contribution in [3.63, 3.8) is 0 Å². The Balaban J connectivity index is 1.98. The van der Waals surface area contributed by atoms with E-state index in [-0.39, 0.29) is 48.8 Å². The summed E-state index contributed by atoms with van der Waals surface area (Å²) in [6, 6.07) is 0. The maximum Gasteiger partial charge on any atom is 0.192 e. The van der Waals surface area contributed by atoms with E-state index in [0.29, 0.717) is 0 Å². The number of ether oxygens (including phenoxy) is 2. The summed E-state index contributed by atoms with van der Waals surface area (Å²) >= 11 is 0. The van der Waals surface area contributed by atoms with Crippen molar-refractivity contribution in [1.29, 1.82) is 0 Å². The number of rotatable bonds is 5. The lowest BCUT2D eigenvalue weighted by molar-refractivity contribution is -0.0865. The van der Waals surface area contributed by atoms with E-state index in [9.17, 15) is 10.2 Å². The van der Waals surface area contributed by atoms with Gasteiger partial charge in [0.05, 0.1) is 37.6 Å². The summed E-state index contributed by atoms with van der Waals surface area (Å²) in [5.41, 5.74) is 0. The second-order valence-corrected chi connectivity index (χ2v) is 12.9. The molecule has 0 spiro atoms. The van der Waals surface area contributed by atoms with Gasteiger partial charge in [-0.25, -0.2) is 0 Å². The van der Waals surface area contributed by atoms with Crippen molar-refractivity contribution in [1.82, 2.24) is 0 Å². The normalized spacial score (nSPS) is 37.0. The van der Waals surface area contributed by atoms with Gasteiger partial charge in [-0.2, -0.15) is 0 Å². The molecule has 0 aromatic heterocycles. The van der Waals surface area contributed by atoms with Crippen molar-refractivity contribution in [2.45, 2.75) is 88.7 Å². The van der Waals surface area contributed by atoms with Crippen LogP contribution in [-0.2, 0) is 13.9 Å². The fourth-order valence-corrected chi connectivity index (χ4v) is 4.33. The minimum atomic E-state index is -1.89. The molecule has 2 aliphatic heterocycles. The predicted molar refractivity (Wildman–Crippen MR) is 87.4 cm³/mol. The van der Waals surface area contributed by atoms with E-state index in [1.54, 1.807) is 0 Å². The van der Waals surface area contributed by atoms with E-state index in [0.717, 1.165) is 19.3 Å². The smallest absolute Gasteiger partial charge is 0.192 e. The zero-order chi connectivity index (χ0) is 16.5. The summed E-state index contributed by atoms with van der Waals surface area (Å²) in [6.45, 7) is 11.1. The molecule has 0 unspecified atom stereocenters. The summed E-state index contributed by atoms with van der Waals surface area (Å²) in [5, 5.41) is 19.0. The lowest BCUT2D eigenvalue weighted by Crippen LogP contribution is -2.46. The summed E-state index contributed by atoms with van der Waals surface area (Å²) < 4.78 is 18.3. The Kier molecular flexibility index (Phi) is 5.73. The highest BCUT2D eigenvalue weighted by molar-refractivity contribution is 6.74. The third-order valence-electron chi connectivity index (χ3n) is 5.42. The molecule has 0 amide bonds. The molecule has 2 saturated heterocycles. The molecule has 22 heavy (non-hydrogen) atoms. The number of hydrogen-bond acceptors (Lipinski definition) is 5. The molecule has 0 bridgehead atoms. The maximum absolute atomic E-state index is 9.62. The highest BCUT2D eigenvalue weighted by Crippen LogP contribution is 2.40. The SMILES string of the molecule is CC(C)(C)[Si](C)(C)O[C@@H]1C[C@H]([C@H]2CC[C@H](CO)O2)O[C@H]1CO. The third kappa shape index (κ3) is 3.91. The van der Waals surface area contributed by atoms with Gasteiger partial charge in [0.15, 0.2) is 8.32 Å². The van der Waals surface area contributed by atoms with Crippen molar-refractivity contribution >= 4 is 8.32 Å². The van der Waals surface area contributed by atoms with Gasteiger partial charge in [0.2, 0.25) is 0 Å². The average molecular weight is 333 g/mol. The first-order valence-corrected chi connectivity index (χ1v) is 11.3. The van der Waals surface area contributed by atoms with Crippen LogP contribution in [0.3, 0.4) is 0 Å². The molecule has 0 aliphatic carbocycles. The maximum atomic E-state index is 9.62. The molecular formula is C16H32O5Si. The van der Waals surface area contributed by atoms with Crippen LogP contribution in [0.4, 0.5) is 0 Å². The second-order valence-electron chi connectivity index (χ2n) is 8.10. The average Bonchev–Trinajstić information content (AvgIpc) is 3.02. The molecule has 130 valence electrons. The van der Waals surface area contributed by atoms with E-state index in [2.05, 4.69) is 33.9 Å². The zero-order valence-corrected chi connectivity index (χ0v) is 15.5. The molecule has 2 rings (SSSR count). The van der Waals surface area contributed by atoms with Gasteiger partial charge >= 0.3 is 0 Å². The van der Waals surface area contributed by atoms with Crippen LogP contribution in [0.2, 0.25) is 18.1 Å². The van der Waals surface area contributed by atoms with Crippen molar-refractivity contribution in [2.75, 3.05) is 13.2 Å². The molecule has 0 aromatic carbocycles. The predicted octanol–water partition coefficient (Wildman–Crippen LogP) is 2.07. The summed E-state index contributed by atoms with van der Waals surface area (Å²) in [4.78, 5) is 0. The number of aliphatic hydroxyl groups excluding tert-OH is 2. The Labute approximate surface area is 135 Å². The quantitative estimate of drug-likeness (QED) is 0.754. The van der Waals surface area contributed by atoms with Crippen molar-refractivity contribution < 1.29 is 24.1 Å². The van der Waals surface area contributed by atoms with Gasteiger partial charge in [-0.1, -0.05) is 20.8 Å². The van der Waals surface area contributed by atoms with Crippen LogP contribution >= 0.6 is 0 Å². The Hall–Kier alpha value is 0.0169. The Morgan fingerprint density at radius 1 is 1.05 bits per heavy atom. The minimum Gasteiger partial charge on any atom is -0.411 e. The standard InChI is InChI=1S/C16H32O5Si/c1-16(2,3)22(4,5)21-14-8-13(20-15(14)10-18)12-7-6-11(9-17)19-12/h11-15,17-18H,6-10H2,1-5H3/t11-,12-,13-,14-,15+/m1/s1. The third-order valence-corrected chi connectivity index (χ3v) is 9.92. The van der Waals surface area contributed by atoms with Crippen molar-refractivity contribution in [3.05, 3.63) is 0 Å². The Morgan fingerprint density at radius 3 is 2.23 bits per heavy atom. The Morgan fingerprint density at radius 2 is 1.73 bits per heavy atom. The molecular weight excluding hydrogens is 300 g/mol. The van der Waals surface area contributed by atoms with Gasteiger partial charge in [-0.05, 0) is 31.0 Å². The van der Waals surface area contributed by atoms with Gasteiger partial charge in [0.25, 0.3) is 0 Å². The molecule has 2 aliphatic rings. The van der Waals surface area contributed by atoms with Gasteiger partial charge in [0.1, 0.15) is 6.10 Å². The van der Waals surface area contributed by atoms with Crippen LogP contribution < -0.4 is 0 Å². The Bertz CT molecular complexity index is 368. The van der Waals surface area contributed by atoms with Gasteiger partial charge in [-0.3, -0.25) is 0 Å². The first-order valence-electron chi connectivity index (χ1n) is 8.38. The lowest BCUT2D eigenvalue weighted by atomic mass is 10.1.